The lowest BCUT2D eigenvalue weighted by Gasteiger charge is -2.40. The van der Waals surface area contributed by atoms with Crippen LogP contribution in [0.4, 0.5) is 10.1 Å². The van der Waals surface area contributed by atoms with Crippen LogP contribution >= 0.6 is 11.3 Å². The quantitative estimate of drug-likeness (QED) is 0.460. The van der Waals surface area contributed by atoms with Crippen molar-refractivity contribution in [2.45, 2.75) is 19.4 Å². The minimum absolute atomic E-state index is 0.134. The number of rotatable bonds is 6. The maximum atomic E-state index is 13.3. The molecule has 2 aromatic carbocycles. The molecule has 0 bridgehead atoms. The predicted molar refractivity (Wildman–Crippen MR) is 127 cm³/mol. The van der Waals surface area contributed by atoms with Crippen molar-refractivity contribution in [3.8, 4) is 11.6 Å². The van der Waals surface area contributed by atoms with Crippen molar-refractivity contribution in [3.63, 3.8) is 0 Å². The van der Waals surface area contributed by atoms with Crippen LogP contribution in [0, 0.1) is 5.82 Å². The molecule has 0 saturated carbocycles. The summed E-state index contributed by atoms with van der Waals surface area (Å²) >= 11 is 1.48. The average molecular weight is 468 g/mol. The van der Waals surface area contributed by atoms with E-state index in [1.165, 1.54) is 23.5 Å². The van der Waals surface area contributed by atoms with Crippen molar-refractivity contribution < 1.29 is 14.2 Å². The highest BCUT2D eigenvalue weighted by Crippen LogP contribution is 2.40. The van der Waals surface area contributed by atoms with E-state index in [9.17, 15) is 9.50 Å². The topological polar surface area (TPSA) is 66.1 Å². The Balaban J connectivity index is 1.46. The van der Waals surface area contributed by atoms with E-state index in [0.717, 1.165) is 60.3 Å². The molecule has 0 unspecified atom stereocenters. The number of anilines is 1. The van der Waals surface area contributed by atoms with Gasteiger partial charge in [0, 0.05) is 38.3 Å². The second kappa shape index (κ2) is 8.99. The summed E-state index contributed by atoms with van der Waals surface area (Å²) in [5.41, 5.74) is 2.09. The second-order valence-corrected chi connectivity index (χ2v) is 9.05. The van der Waals surface area contributed by atoms with Gasteiger partial charge in [-0.2, -0.15) is 4.52 Å². The molecule has 0 amide bonds. The van der Waals surface area contributed by atoms with Crippen LogP contribution in [0.15, 0.2) is 48.5 Å². The highest BCUT2D eigenvalue weighted by Gasteiger charge is 2.32. The zero-order chi connectivity index (χ0) is 22.9. The van der Waals surface area contributed by atoms with Crippen LogP contribution in [0.3, 0.4) is 0 Å². The number of aryl methyl sites for hydroxylation is 1. The number of fused-ring (bicyclic) bond motifs is 1. The molecule has 2 aromatic heterocycles. The average Bonchev–Trinajstić information content (AvgIpc) is 3.40. The largest absolute Gasteiger partial charge is 0.497 e. The number of aromatic nitrogens is 3. The molecule has 7 nitrogen and oxygen atoms in total. The fourth-order valence-corrected chi connectivity index (χ4v) is 5.46. The zero-order valence-corrected chi connectivity index (χ0v) is 19.4. The monoisotopic (exact) mass is 467 g/mol. The van der Waals surface area contributed by atoms with Gasteiger partial charge in [0.15, 0.2) is 5.82 Å². The van der Waals surface area contributed by atoms with Crippen molar-refractivity contribution in [3.05, 3.63) is 70.6 Å². The molecule has 172 valence electrons. The van der Waals surface area contributed by atoms with E-state index in [1.54, 1.807) is 11.6 Å². The third kappa shape index (κ3) is 4.14. The summed E-state index contributed by atoms with van der Waals surface area (Å²) in [5, 5.41) is 15.5. The summed E-state index contributed by atoms with van der Waals surface area (Å²) in [6.07, 6.45) is 0.719. The number of benzene rings is 2. The number of methoxy groups -OCH3 is 1. The van der Waals surface area contributed by atoms with Gasteiger partial charge in [0.25, 0.3) is 0 Å². The maximum Gasteiger partial charge on any atom is 0.230 e. The van der Waals surface area contributed by atoms with Crippen molar-refractivity contribution in [1.29, 1.82) is 0 Å². The van der Waals surface area contributed by atoms with E-state index in [4.69, 9.17) is 4.74 Å². The van der Waals surface area contributed by atoms with Gasteiger partial charge < -0.3 is 14.7 Å². The Morgan fingerprint density at radius 3 is 2.36 bits per heavy atom. The number of halogens is 1. The predicted octanol–water partition coefficient (Wildman–Crippen LogP) is 4.12. The number of hydrogen-bond donors (Lipinski definition) is 1. The van der Waals surface area contributed by atoms with Crippen LogP contribution in [0.2, 0.25) is 0 Å². The molecular formula is C24H26FN5O2S. The first-order valence-electron chi connectivity index (χ1n) is 11.0. The lowest BCUT2D eigenvalue weighted by Crippen LogP contribution is -2.47. The minimum Gasteiger partial charge on any atom is -0.497 e. The van der Waals surface area contributed by atoms with E-state index in [0.29, 0.717) is 4.96 Å². The van der Waals surface area contributed by atoms with Crippen LogP contribution in [-0.4, -0.2) is 57.9 Å². The number of thiazole rings is 1. The molecule has 0 radical (unpaired) electrons. The van der Waals surface area contributed by atoms with Crippen LogP contribution in [0.1, 0.15) is 29.2 Å². The van der Waals surface area contributed by atoms with E-state index in [1.807, 2.05) is 43.3 Å². The highest BCUT2D eigenvalue weighted by molar-refractivity contribution is 7.17. The highest BCUT2D eigenvalue weighted by atomic mass is 32.1. The molecule has 3 heterocycles. The molecule has 1 aliphatic heterocycles. The summed E-state index contributed by atoms with van der Waals surface area (Å²) in [7, 11) is 1.65. The molecule has 1 aliphatic rings. The fraction of sp³-hybridized carbons (Fsp3) is 0.333. The zero-order valence-electron chi connectivity index (χ0n) is 18.6. The molecule has 0 aliphatic carbocycles. The number of nitrogens with zero attached hydrogens (tertiary/aromatic N) is 5. The molecule has 1 saturated heterocycles. The summed E-state index contributed by atoms with van der Waals surface area (Å²) in [5.74, 6) is 1.43. The number of aromatic hydroxyl groups is 1. The lowest BCUT2D eigenvalue weighted by molar-refractivity contribution is 0.211. The molecule has 1 atom stereocenters. The molecule has 9 heteroatoms. The maximum absolute atomic E-state index is 13.3. The Kier molecular flexibility index (Phi) is 5.90. The SMILES string of the molecule is CCc1nc2sc([C@H](c3ccc(OC)cc3)N3CCN(c4ccc(F)cc4)CC3)c(O)n2n1. The van der Waals surface area contributed by atoms with Crippen molar-refractivity contribution >= 4 is 22.0 Å². The van der Waals surface area contributed by atoms with Crippen LogP contribution in [0.25, 0.3) is 4.96 Å². The van der Waals surface area contributed by atoms with Crippen molar-refractivity contribution in [2.24, 2.45) is 0 Å². The smallest absolute Gasteiger partial charge is 0.230 e. The van der Waals surface area contributed by atoms with Gasteiger partial charge in [-0.1, -0.05) is 30.4 Å². The van der Waals surface area contributed by atoms with E-state index in [-0.39, 0.29) is 17.7 Å². The Bertz CT molecular complexity index is 1230. The first-order chi connectivity index (χ1) is 16.1. The van der Waals surface area contributed by atoms with E-state index >= 15 is 0 Å². The number of hydrogen-bond acceptors (Lipinski definition) is 7. The van der Waals surface area contributed by atoms with Gasteiger partial charge in [-0.15, -0.1) is 5.10 Å². The molecule has 5 rings (SSSR count). The van der Waals surface area contributed by atoms with Gasteiger partial charge in [0.2, 0.25) is 10.8 Å². The van der Waals surface area contributed by atoms with Crippen LogP contribution in [-0.2, 0) is 6.42 Å². The molecule has 4 aromatic rings. The summed E-state index contributed by atoms with van der Waals surface area (Å²) in [4.78, 5) is 10.7. The summed E-state index contributed by atoms with van der Waals surface area (Å²) in [6.45, 7) is 5.19. The third-order valence-corrected chi connectivity index (χ3v) is 7.18. The van der Waals surface area contributed by atoms with Gasteiger partial charge in [-0.3, -0.25) is 4.90 Å². The fourth-order valence-electron chi connectivity index (χ4n) is 4.32. The Labute approximate surface area is 195 Å². The van der Waals surface area contributed by atoms with Gasteiger partial charge >= 0.3 is 0 Å². The standard InChI is InChI=1S/C24H26FN5O2S/c1-3-20-26-24-30(27-20)23(31)22(33-24)21(16-4-10-19(32-2)11-5-16)29-14-12-28(13-15-29)18-8-6-17(25)7-9-18/h4-11,21,31H,3,12-15H2,1-2H3/t21-/m0/s1. The van der Waals surface area contributed by atoms with Crippen molar-refractivity contribution in [2.75, 3.05) is 38.2 Å². The van der Waals surface area contributed by atoms with Crippen LogP contribution < -0.4 is 9.64 Å². The lowest BCUT2D eigenvalue weighted by atomic mass is 10.0. The molecule has 0 spiro atoms. The van der Waals surface area contributed by atoms with Gasteiger partial charge in [0.05, 0.1) is 18.0 Å². The van der Waals surface area contributed by atoms with E-state index in [2.05, 4.69) is 19.9 Å². The van der Waals surface area contributed by atoms with Crippen molar-refractivity contribution in [1.82, 2.24) is 19.5 Å². The molecule has 33 heavy (non-hydrogen) atoms. The summed E-state index contributed by atoms with van der Waals surface area (Å²) in [6, 6.07) is 14.5. The molecule has 1 N–H and O–H groups in total. The Morgan fingerprint density at radius 2 is 1.76 bits per heavy atom. The second-order valence-electron chi connectivity index (χ2n) is 8.04. The summed E-state index contributed by atoms with van der Waals surface area (Å²) < 4.78 is 20.2. The number of ether oxygens (including phenoxy) is 1. The molecule has 1 fully saturated rings. The van der Waals surface area contributed by atoms with Crippen LogP contribution in [0.5, 0.6) is 11.6 Å². The molecular weight excluding hydrogens is 441 g/mol. The normalized spacial score (nSPS) is 15.8. The minimum atomic E-state index is -0.227. The Morgan fingerprint density at radius 1 is 1.06 bits per heavy atom. The first-order valence-corrected chi connectivity index (χ1v) is 11.8. The van der Waals surface area contributed by atoms with Gasteiger partial charge in [-0.05, 0) is 42.0 Å². The first kappa shape index (κ1) is 21.7. The van der Waals surface area contributed by atoms with Gasteiger partial charge in [-0.25, -0.2) is 9.37 Å². The van der Waals surface area contributed by atoms with Gasteiger partial charge in [0.1, 0.15) is 11.6 Å². The number of piperazine rings is 1. The third-order valence-electron chi connectivity index (χ3n) is 6.11. The van der Waals surface area contributed by atoms with E-state index < -0.39 is 0 Å². The Hall–Kier alpha value is -3.17.